The van der Waals surface area contributed by atoms with Crippen LogP contribution < -0.4 is 0 Å². The van der Waals surface area contributed by atoms with Gasteiger partial charge >= 0.3 is 0 Å². The number of ketones is 1. The predicted octanol–water partition coefficient (Wildman–Crippen LogP) is 0.838. The molecule has 2 heteroatoms. The summed E-state index contributed by atoms with van der Waals surface area (Å²) in [6.07, 6.45) is 2.97. The fourth-order valence-electron chi connectivity index (χ4n) is 5.14. The van der Waals surface area contributed by atoms with Crippen molar-refractivity contribution in [2.24, 2.45) is 35.5 Å². The molecule has 13 heavy (non-hydrogen) atoms. The van der Waals surface area contributed by atoms with Gasteiger partial charge in [-0.25, -0.2) is 0 Å². The van der Waals surface area contributed by atoms with Crippen molar-refractivity contribution in [3.05, 3.63) is 0 Å². The quantitative estimate of drug-likeness (QED) is 0.596. The fourth-order valence-corrected chi connectivity index (χ4v) is 5.14. The second-order valence-electron chi connectivity index (χ2n) is 5.47. The number of fused-ring (bicyclic) bond motifs is 2. The molecule has 2 nitrogen and oxygen atoms in total. The molecule has 4 saturated carbocycles. The van der Waals surface area contributed by atoms with Gasteiger partial charge in [0.25, 0.3) is 0 Å². The van der Waals surface area contributed by atoms with Crippen LogP contribution in [-0.4, -0.2) is 17.0 Å². The Bertz CT molecular complexity index is 298. The maximum Gasteiger partial charge on any atom is 0.136 e. The first-order valence-electron chi connectivity index (χ1n) is 5.48. The van der Waals surface area contributed by atoms with Crippen LogP contribution in [0.25, 0.3) is 0 Å². The highest BCUT2D eigenvalue weighted by molar-refractivity contribution is 5.85. The molecule has 4 fully saturated rings. The molecule has 0 radical (unpaired) electrons. The fraction of sp³-hybridized carbons (Fsp3) is 0.909. The molecule has 4 aliphatic carbocycles. The number of rotatable bonds is 0. The molecule has 0 aliphatic heterocycles. The van der Waals surface area contributed by atoms with E-state index in [4.69, 9.17) is 0 Å². The maximum absolute atomic E-state index is 11.7. The average Bonchev–Trinajstić information content (AvgIpc) is 2.67. The highest BCUT2D eigenvalue weighted by atomic mass is 16.3. The Morgan fingerprint density at radius 2 is 1.92 bits per heavy atom. The molecule has 0 aromatic heterocycles. The highest BCUT2D eigenvalue weighted by Crippen LogP contribution is 2.69. The number of carbonyl (C=O) groups is 1. The highest BCUT2D eigenvalue weighted by Gasteiger charge is 2.68. The molecule has 0 aromatic rings. The van der Waals surface area contributed by atoms with Gasteiger partial charge in [0.05, 0.1) is 6.10 Å². The summed E-state index contributed by atoms with van der Waals surface area (Å²) in [4.78, 5) is 11.7. The van der Waals surface area contributed by atoms with Crippen LogP contribution in [0.2, 0.25) is 0 Å². The van der Waals surface area contributed by atoms with Crippen molar-refractivity contribution in [2.75, 3.05) is 0 Å². The lowest BCUT2D eigenvalue weighted by molar-refractivity contribution is -0.123. The molecule has 1 N–H and O–H groups in total. The maximum atomic E-state index is 11.7. The van der Waals surface area contributed by atoms with E-state index in [-0.39, 0.29) is 12.0 Å². The van der Waals surface area contributed by atoms with Crippen LogP contribution in [0.15, 0.2) is 0 Å². The van der Waals surface area contributed by atoms with E-state index in [2.05, 4.69) is 0 Å². The van der Waals surface area contributed by atoms with Crippen LogP contribution >= 0.6 is 0 Å². The SMILES string of the molecule is O=C1CC2C3CC(O)C4C3CC2C14. The molecule has 0 amide bonds. The zero-order valence-electron chi connectivity index (χ0n) is 7.52. The van der Waals surface area contributed by atoms with E-state index < -0.39 is 0 Å². The number of aliphatic hydroxyl groups is 1. The van der Waals surface area contributed by atoms with Crippen molar-refractivity contribution < 1.29 is 9.90 Å². The first kappa shape index (κ1) is 6.99. The average molecular weight is 178 g/mol. The van der Waals surface area contributed by atoms with Crippen LogP contribution in [0.3, 0.4) is 0 Å². The Balaban J connectivity index is 1.90. The molecule has 0 aromatic carbocycles. The van der Waals surface area contributed by atoms with Crippen molar-refractivity contribution in [3.63, 3.8) is 0 Å². The van der Waals surface area contributed by atoms with E-state index in [0.29, 0.717) is 29.5 Å². The van der Waals surface area contributed by atoms with Gasteiger partial charge in [0, 0.05) is 12.3 Å². The van der Waals surface area contributed by atoms with Crippen molar-refractivity contribution in [2.45, 2.75) is 25.4 Å². The lowest BCUT2D eigenvalue weighted by atomic mass is 9.79. The van der Waals surface area contributed by atoms with E-state index in [0.717, 1.165) is 18.8 Å². The molecule has 0 spiro atoms. The zero-order chi connectivity index (χ0) is 8.74. The normalized spacial score (nSPS) is 66.8. The van der Waals surface area contributed by atoms with E-state index in [1.54, 1.807) is 0 Å². The minimum Gasteiger partial charge on any atom is -0.393 e. The number of aliphatic hydroxyl groups excluding tert-OH is 1. The summed E-state index contributed by atoms with van der Waals surface area (Å²) in [5, 5.41) is 9.88. The molecule has 70 valence electrons. The number of Topliss-reactive ketones (excluding diaryl/α,β-unsaturated/α-hetero) is 1. The topological polar surface area (TPSA) is 37.3 Å². The van der Waals surface area contributed by atoms with E-state index in [9.17, 15) is 9.90 Å². The second kappa shape index (κ2) is 1.85. The Morgan fingerprint density at radius 3 is 2.77 bits per heavy atom. The van der Waals surface area contributed by atoms with Crippen molar-refractivity contribution in [3.8, 4) is 0 Å². The predicted molar refractivity (Wildman–Crippen MR) is 45.8 cm³/mol. The largest absolute Gasteiger partial charge is 0.393 e. The van der Waals surface area contributed by atoms with Gasteiger partial charge in [0.1, 0.15) is 5.78 Å². The summed E-state index contributed by atoms with van der Waals surface area (Å²) in [6, 6.07) is 0. The molecular weight excluding hydrogens is 164 g/mol. The van der Waals surface area contributed by atoms with Crippen molar-refractivity contribution in [1.29, 1.82) is 0 Å². The summed E-state index contributed by atoms with van der Waals surface area (Å²) < 4.78 is 0. The van der Waals surface area contributed by atoms with Gasteiger partial charge < -0.3 is 5.11 Å². The van der Waals surface area contributed by atoms with Crippen molar-refractivity contribution >= 4 is 5.78 Å². The summed E-state index contributed by atoms with van der Waals surface area (Å²) in [6.45, 7) is 0. The second-order valence-corrected chi connectivity index (χ2v) is 5.47. The van der Waals surface area contributed by atoms with Gasteiger partial charge in [0.2, 0.25) is 0 Å². The van der Waals surface area contributed by atoms with Crippen LogP contribution in [0, 0.1) is 35.5 Å². The summed E-state index contributed by atoms with van der Waals surface area (Å²) in [7, 11) is 0. The molecule has 0 heterocycles. The number of hydrogen-bond donors (Lipinski definition) is 1. The first-order valence-corrected chi connectivity index (χ1v) is 5.48. The Labute approximate surface area is 77.3 Å². The lowest BCUT2D eigenvalue weighted by Gasteiger charge is -2.24. The van der Waals surface area contributed by atoms with E-state index in [1.165, 1.54) is 6.42 Å². The van der Waals surface area contributed by atoms with Crippen LogP contribution in [0.5, 0.6) is 0 Å². The van der Waals surface area contributed by atoms with Gasteiger partial charge in [0.15, 0.2) is 0 Å². The molecule has 7 unspecified atom stereocenters. The molecule has 4 rings (SSSR count). The van der Waals surface area contributed by atoms with E-state index >= 15 is 0 Å². The van der Waals surface area contributed by atoms with Gasteiger partial charge in [-0.2, -0.15) is 0 Å². The van der Waals surface area contributed by atoms with Gasteiger partial charge in [-0.3, -0.25) is 4.79 Å². The third-order valence-electron chi connectivity index (χ3n) is 5.33. The van der Waals surface area contributed by atoms with Crippen LogP contribution in [0.1, 0.15) is 19.3 Å². The Kier molecular flexibility index (Phi) is 0.997. The summed E-state index contributed by atoms with van der Waals surface area (Å²) in [5.74, 6) is 3.93. The Hall–Kier alpha value is -0.370. The van der Waals surface area contributed by atoms with Crippen LogP contribution in [-0.2, 0) is 4.79 Å². The summed E-state index contributed by atoms with van der Waals surface area (Å²) >= 11 is 0. The molecule has 4 aliphatic rings. The zero-order valence-corrected chi connectivity index (χ0v) is 7.52. The molecule has 2 bridgehead atoms. The number of hydrogen-bond acceptors (Lipinski definition) is 2. The van der Waals surface area contributed by atoms with Crippen molar-refractivity contribution in [1.82, 2.24) is 0 Å². The summed E-state index contributed by atoms with van der Waals surface area (Å²) in [5.41, 5.74) is 0. The smallest absolute Gasteiger partial charge is 0.136 e. The van der Waals surface area contributed by atoms with Gasteiger partial charge in [-0.1, -0.05) is 0 Å². The molecular formula is C11H14O2. The lowest BCUT2D eigenvalue weighted by Crippen LogP contribution is -2.28. The van der Waals surface area contributed by atoms with Gasteiger partial charge in [-0.05, 0) is 42.4 Å². The molecule has 0 saturated heterocycles. The minimum atomic E-state index is -0.140. The van der Waals surface area contributed by atoms with Gasteiger partial charge in [-0.15, -0.1) is 0 Å². The first-order chi connectivity index (χ1) is 6.27. The van der Waals surface area contributed by atoms with Crippen LogP contribution in [0.4, 0.5) is 0 Å². The minimum absolute atomic E-state index is 0.140. The third kappa shape index (κ3) is 0.567. The monoisotopic (exact) mass is 178 g/mol. The third-order valence-corrected chi connectivity index (χ3v) is 5.33. The Morgan fingerprint density at radius 1 is 1.08 bits per heavy atom. The standard InChI is InChI=1S/C11H14O2/c12-8-2-4-5-3-9(13)11-7(5)1-6(4)10(8)11/h4-8,10-12H,1-3H2. The van der Waals surface area contributed by atoms with E-state index in [1.807, 2.05) is 0 Å². The molecule has 7 atom stereocenters. The number of carbonyl (C=O) groups excluding carboxylic acids is 1.